The highest BCUT2D eigenvalue weighted by Crippen LogP contribution is 2.21. The zero-order valence-electron chi connectivity index (χ0n) is 18.1. The number of aryl methyl sites for hydroxylation is 1. The standard InChI is InChI=1S/C26H25N3O3/c1-18-6-12-23(13-7-18)32-29(19(2)30)22-10-8-21(9-11-22)26(31)28-16-14-20-4-3-5-25-24(20)15-17-27-25/h3-13,15,17,27H,14,16H2,1-2H3,(H,28,31). The molecule has 4 aromatic rings. The van der Waals surface area contributed by atoms with E-state index in [9.17, 15) is 9.59 Å². The Labute approximate surface area is 186 Å². The summed E-state index contributed by atoms with van der Waals surface area (Å²) in [4.78, 5) is 33.6. The van der Waals surface area contributed by atoms with Crippen molar-refractivity contribution >= 4 is 28.4 Å². The van der Waals surface area contributed by atoms with Gasteiger partial charge in [0.15, 0.2) is 5.75 Å². The number of hydroxylamine groups is 1. The van der Waals surface area contributed by atoms with Crippen molar-refractivity contribution in [3.63, 3.8) is 0 Å². The Balaban J connectivity index is 1.38. The van der Waals surface area contributed by atoms with Crippen LogP contribution in [0, 0.1) is 6.92 Å². The van der Waals surface area contributed by atoms with Crippen molar-refractivity contribution in [1.82, 2.24) is 10.3 Å². The maximum absolute atomic E-state index is 12.6. The van der Waals surface area contributed by atoms with E-state index < -0.39 is 0 Å². The predicted octanol–water partition coefficient (Wildman–Crippen LogP) is 4.80. The molecule has 0 fully saturated rings. The van der Waals surface area contributed by atoms with Gasteiger partial charge in [0.1, 0.15) is 0 Å². The third kappa shape index (κ3) is 4.81. The van der Waals surface area contributed by atoms with Gasteiger partial charge in [-0.2, -0.15) is 0 Å². The Hall–Kier alpha value is -4.06. The quantitative estimate of drug-likeness (QED) is 0.416. The Bertz CT molecular complexity index is 1230. The van der Waals surface area contributed by atoms with Crippen LogP contribution in [0.5, 0.6) is 5.75 Å². The molecule has 0 radical (unpaired) electrons. The van der Waals surface area contributed by atoms with Crippen LogP contribution in [0.4, 0.5) is 5.69 Å². The minimum Gasteiger partial charge on any atom is -0.372 e. The molecule has 6 nitrogen and oxygen atoms in total. The first kappa shape index (κ1) is 21.2. The summed E-state index contributed by atoms with van der Waals surface area (Å²) in [7, 11) is 0. The number of H-pyrrole nitrogens is 1. The van der Waals surface area contributed by atoms with Gasteiger partial charge >= 0.3 is 0 Å². The van der Waals surface area contributed by atoms with E-state index in [1.165, 1.54) is 22.9 Å². The number of carbonyl (C=O) groups excluding carboxylic acids is 2. The molecular weight excluding hydrogens is 402 g/mol. The minimum absolute atomic E-state index is 0.161. The first-order chi connectivity index (χ1) is 15.5. The Morgan fingerprint density at radius 2 is 1.72 bits per heavy atom. The molecule has 1 heterocycles. The van der Waals surface area contributed by atoms with Gasteiger partial charge in [-0.3, -0.25) is 9.59 Å². The maximum atomic E-state index is 12.6. The first-order valence-electron chi connectivity index (χ1n) is 10.5. The van der Waals surface area contributed by atoms with Crippen LogP contribution >= 0.6 is 0 Å². The minimum atomic E-state index is -0.262. The van der Waals surface area contributed by atoms with E-state index in [0.717, 1.165) is 17.5 Å². The highest BCUT2D eigenvalue weighted by molar-refractivity contribution is 5.95. The fourth-order valence-electron chi connectivity index (χ4n) is 3.53. The normalized spacial score (nSPS) is 10.7. The monoisotopic (exact) mass is 427 g/mol. The number of nitrogens with one attached hydrogen (secondary N) is 2. The Morgan fingerprint density at radius 1 is 0.969 bits per heavy atom. The van der Waals surface area contributed by atoms with Gasteiger partial charge in [0.25, 0.3) is 11.8 Å². The summed E-state index contributed by atoms with van der Waals surface area (Å²) in [6, 6.07) is 22.4. The topological polar surface area (TPSA) is 74.4 Å². The Morgan fingerprint density at radius 3 is 2.44 bits per heavy atom. The maximum Gasteiger partial charge on any atom is 0.256 e. The van der Waals surface area contributed by atoms with Crippen LogP contribution in [0.15, 0.2) is 79.0 Å². The molecule has 1 aromatic heterocycles. The molecule has 2 N–H and O–H groups in total. The molecule has 162 valence electrons. The van der Waals surface area contributed by atoms with Crippen molar-refractivity contribution in [2.75, 3.05) is 11.6 Å². The first-order valence-corrected chi connectivity index (χ1v) is 10.5. The summed E-state index contributed by atoms with van der Waals surface area (Å²) in [5.41, 5.74) is 4.45. The van der Waals surface area contributed by atoms with Gasteiger partial charge in [-0.1, -0.05) is 29.8 Å². The SMILES string of the molecule is CC(=O)N(Oc1ccc(C)cc1)c1ccc(C(=O)NCCc2cccc3[nH]ccc23)cc1. The molecule has 0 saturated heterocycles. The van der Waals surface area contributed by atoms with Crippen molar-refractivity contribution < 1.29 is 14.4 Å². The lowest BCUT2D eigenvalue weighted by Crippen LogP contribution is -2.32. The summed E-state index contributed by atoms with van der Waals surface area (Å²) in [6.45, 7) is 3.94. The zero-order valence-corrected chi connectivity index (χ0v) is 18.1. The zero-order chi connectivity index (χ0) is 22.5. The number of nitrogens with zero attached hydrogens (tertiary/aromatic N) is 1. The second kappa shape index (κ2) is 9.39. The number of hydrogen-bond donors (Lipinski definition) is 2. The number of anilines is 1. The number of amides is 2. The van der Waals surface area contributed by atoms with E-state index in [1.54, 1.807) is 36.4 Å². The summed E-state index contributed by atoms with van der Waals surface area (Å²) in [5, 5.41) is 5.34. The molecule has 0 aliphatic rings. The van der Waals surface area contributed by atoms with Crippen LogP contribution in [0.2, 0.25) is 0 Å². The molecule has 0 spiro atoms. The highest BCUT2D eigenvalue weighted by Gasteiger charge is 2.15. The summed E-state index contributed by atoms with van der Waals surface area (Å²) in [6.07, 6.45) is 2.66. The molecule has 0 bridgehead atoms. The lowest BCUT2D eigenvalue weighted by atomic mass is 10.1. The van der Waals surface area contributed by atoms with Crippen molar-refractivity contribution in [3.05, 3.63) is 95.7 Å². The van der Waals surface area contributed by atoms with Gasteiger partial charge in [-0.05, 0) is 67.4 Å². The molecule has 2 amide bonds. The smallest absolute Gasteiger partial charge is 0.256 e. The molecule has 0 atom stereocenters. The van der Waals surface area contributed by atoms with E-state index in [1.807, 2.05) is 43.5 Å². The third-order valence-electron chi connectivity index (χ3n) is 5.23. The van der Waals surface area contributed by atoms with Crippen LogP contribution in [-0.2, 0) is 11.2 Å². The molecule has 4 rings (SSSR count). The molecule has 0 unspecified atom stereocenters. The number of aromatic nitrogens is 1. The molecule has 6 heteroatoms. The van der Waals surface area contributed by atoms with Gasteiger partial charge in [-0.25, -0.2) is 0 Å². The second-order valence-electron chi connectivity index (χ2n) is 7.63. The van der Waals surface area contributed by atoms with Crippen molar-refractivity contribution in [2.24, 2.45) is 0 Å². The van der Waals surface area contributed by atoms with E-state index in [-0.39, 0.29) is 11.8 Å². The largest absolute Gasteiger partial charge is 0.372 e. The van der Waals surface area contributed by atoms with Gasteiger partial charge in [0.2, 0.25) is 0 Å². The van der Waals surface area contributed by atoms with Crippen molar-refractivity contribution in [1.29, 1.82) is 0 Å². The fourth-order valence-corrected chi connectivity index (χ4v) is 3.53. The fraction of sp³-hybridized carbons (Fsp3) is 0.154. The van der Waals surface area contributed by atoms with E-state index >= 15 is 0 Å². The van der Waals surface area contributed by atoms with Crippen LogP contribution < -0.4 is 15.2 Å². The van der Waals surface area contributed by atoms with Crippen molar-refractivity contribution in [2.45, 2.75) is 20.3 Å². The van der Waals surface area contributed by atoms with Gasteiger partial charge < -0.3 is 15.1 Å². The second-order valence-corrected chi connectivity index (χ2v) is 7.63. The van der Waals surface area contributed by atoms with E-state index in [0.29, 0.717) is 23.5 Å². The molecular formula is C26H25N3O3. The lowest BCUT2D eigenvalue weighted by Gasteiger charge is -2.21. The molecule has 0 aliphatic heterocycles. The number of rotatable bonds is 7. The van der Waals surface area contributed by atoms with Crippen LogP contribution in [0.3, 0.4) is 0 Å². The molecule has 0 aliphatic carbocycles. The number of hydrogen-bond acceptors (Lipinski definition) is 3. The number of fused-ring (bicyclic) bond motifs is 1. The molecule has 3 aromatic carbocycles. The summed E-state index contributed by atoms with van der Waals surface area (Å²) < 4.78 is 0. The average Bonchev–Trinajstić information content (AvgIpc) is 3.28. The lowest BCUT2D eigenvalue weighted by molar-refractivity contribution is -0.120. The third-order valence-corrected chi connectivity index (χ3v) is 5.23. The predicted molar refractivity (Wildman–Crippen MR) is 126 cm³/mol. The number of benzene rings is 3. The molecule has 32 heavy (non-hydrogen) atoms. The van der Waals surface area contributed by atoms with Crippen LogP contribution in [0.1, 0.15) is 28.4 Å². The van der Waals surface area contributed by atoms with Crippen LogP contribution in [-0.4, -0.2) is 23.3 Å². The number of aromatic amines is 1. The number of carbonyl (C=O) groups is 2. The average molecular weight is 428 g/mol. The van der Waals surface area contributed by atoms with E-state index in [4.69, 9.17) is 4.84 Å². The van der Waals surface area contributed by atoms with Gasteiger partial charge in [0, 0.05) is 36.1 Å². The highest BCUT2D eigenvalue weighted by atomic mass is 16.7. The Kier molecular flexibility index (Phi) is 6.22. The molecule has 0 saturated carbocycles. The van der Waals surface area contributed by atoms with Gasteiger partial charge in [-0.15, -0.1) is 5.06 Å². The summed E-state index contributed by atoms with van der Waals surface area (Å²) >= 11 is 0. The van der Waals surface area contributed by atoms with Crippen LogP contribution in [0.25, 0.3) is 10.9 Å². The van der Waals surface area contributed by atoms with Crippen molar-refractivity contribution in [3.8, 4) is 5.75 Å². The summed E-state index contributed by atoms with van der Waals surface area (Å²) in [5.74, 6) is 0.137. The van der Waals surface area contributed by atoms with Gasteiger partial charge in [0.05, 0.1) is 5.69 Å². The van der Waals surface area contributed by atoms with E-state index in [2.05, 4.69) is 16.4 Å².